The number of carbonyl (C=O) groups excluding carboxylic acids is 1. The van der Waals surface area contributed by atoms with Crippen LogP contribution in [0.4, 0.5) is 0 Å². The topological polar surface area (TPSA) is 46.3 Å². The Morgan fingerprint density at radius 1 is 1.17 bits per heavy atom. The highest BCUT2D eigenvalue weighted by molar-refractivity contribution is 5.84. The Kier molecular flexibility index (Phi) is 3.48. The lowest BCUT2D eigenvalue weighted by atomic mass is 10.0. The third-order valence-corrected chi connectivity index (χ3v) is 5.69. The zero-order valence-corrected chi connectivity index (χ0v) is 12.3. The summed E-state index contributed by atoms with van der Waals surface area (Å²) in [7, 11) is 0. The van der Waals surface area contributed by atoms with Crippen LogP contribution in [0.3, 0.4) is 0 Å². The van der Waals surface area contributed by atoms with Crippen LogP contribution < -0.4 is 5.73 Å². The molecular weight excluding hydrogens is 224 g/mol. The fraction of sp³-hybridized carbons (Fsp3) is 0.933. The molecule has 2 rings (SSSR count). The average molecular weight is 252 g/mol. The summed E-state index contributed by atoms with van der Waals surface area (Å²) in [6.45, 7) is 10.2. The van der Waals surface area contributed by atoms with Gasteiger partial charge in [-0.3, -0.25) is 4.79 Å². The van der Waals surface area contributed by atoms with Crippen LogP contribution in [0, 0.1) is 16.7 Å². The van der Waals surface area contributed by atoms with Crippen molar-refractivity contribution in [1.29, 1.82) is 0 Å². The molecule has 2 fully saturated rings. The molecule has 0 spiro atoms. The number of hydrogen-bond donors (Lipinski definition) is 1. The van der Waals surface area contributed by atoms with Crippen LogP contribution >= 0.6 is 0 Å². The third kappa shape index (κ3) is 1.97. The van der Waals surface area contributed by atoms with Crippen molar-refractivity contribution in [2.45, 2.75) is 59.4 Å². The zero-order valence-electron chi connectivity index (χ0n) is 12.3. The van der Waals surface area contributed by atoms with Crippen LogP contribution in [0.5, 0.6) is 0 Å². The Morgan fingerprint density at radius 3 is 2.06 bits per heavy atom. The van der Waals surface area contributed by atoms with Gasteiger partial charge in [0.05, 0.1) is 0 Å². The summed E-state index contributed by atoms with van der Waals surface area (Å²) in [5.74, 6) is 0.527. The van der Waals surface area contributed by atoms with Crippen LogP contribution in [0.1, 0.15) is 53.4 Å². The molecule has 3 heteroatoms. The third-order valence-electron chi connectivity index (χ3n) is 5.69. The minimum Gasteiger partial charge on any atom is -0.338 e. The summed E-state index contributed by atoms with van der Waals surface area (Å²) in [6, 6.07) is 0.452. The van der Waals surface area contributed by atoms with E-state index in [0.717, 1.165) is 6.54 Å². The molecule has 0 aromatic heterocycles. The Hall–Kier alpha value is -0.570. The lowest BCUT2D eigenvalue weighted by molar-refractivity contribution is -0.136. The summed E-state index contributed by atoms with van der Waals surface area (Å²) >= 11 is 0. The number of nitrogens with two attached hydrogens (primary N) is 1. The second-order valence-electron chi connectivity index (χ2n) is 7.13. The van der Waals surface area contributed by atoms with Gasteiger partial charge >= 0.3 is 0 Å². The van der Waals surface area contributed by atoms with E-state index in [2.05, 4.69) is 32.6 Å². The van der Waals surface area contributed by atoms with Crippen molar-refractivity contribution in [2.75, 3.05) is 13.1 Å². The largest absolute Gasteiger partial charge is 0.338 e. The standard InChI is InChI=1S/C15H28N2O/c1-14(2)12(15(14,3)4)13(18)17(10-9-16)11-7-5-6-8-11/h11-12H,5-10,16H2,1-4H3. The Bertz CT molecular complexity index is 315. The average Bonchev–Trinajstić information content (AvgIpc) is 2.70. The number of carbonyl (C=O) groups is 1. The molecule has 0 saturated heterocycles. The number of hydrogen-bond acceptors (Lipinski definition) is 2. The van der Waals surface area contributed by atoms with Gasteiger partial charge in [0, 0.05) is 25.0 Å². The van der Waals surface area contributed by atoms with Gasteiger partial charge in [-0.2, -0.15) is 0 Å². The predicted molar refractivity (Wildman–Crippen MR) is 74.1 cm³/mol. The number of rotatable bonds is 4. The monoisotopic (exact) mass is 252 g/mol. The molecule has 2 aliphatic rings. The minimum absolute atomic E-state index is 0.134. The van der Waals surface area contributed by atoms with Crippen molar-refractivity contribution >= 4 is 5.91 Å². The highest BCUT2D eigenvalue weighted by Gasteiger charge is 2.69. The predicted octanol–water partition coefficient (Wildman–Crippen LogP) is 2.40. The van der Waals surface area contributed by atoms with Gasteiger partial charge < -0.3 is 10.6 Å². The molecule has 0 radical (unpaired) electrons. The first kappa shape index (κ1) is 13.9. The molecular formula is C15H28N2O. The van der Waals surface area contributed by atoms with Crippen LogP contribution in [-0.4, -0.2) is 29.9 Å². The number of nitrogens with zero attached hydrogens (tertiary/aromatic N) is 1. The molecule has 0 heterocycles. The smallest absolute Gasteiger partial charge is 0.227 e. The molecule has 0 aromatic carbocycles. The molecule has 0 unspecified atom stereocenters. The van der Waals surface area contributed by atoms with Crippen molar-refractivity contribution in [3.63, 3.8) is 0 Å². The Balaban J connectivity index is 2.10. The zero-order chi connectivity index (χ0) is 13.6. The van der Waals surface area contributed by atoms with E-state index in [1.165, 1.54) is 25.7 Å². The molecule has 18 heavy (non-hydrogen) atoms. The van der Waals surface area contributed by atoms with Gasteiger partial charge in [0.25, 0.3) is 0 Å². The molecule has 3 nitrogen and oxygen atoms in total. The maximum Gasteiger partial charge on any atom is 0.227 e. The van der Waals surface area contributed by atoms with Gasteiger partial charge in [0.1, 0.15) is 0 Å². The molecule has 2 N–H and O–H groups in total. The second kappa shape index (κ2) is 4.52. The van der Waals surface area contributed by atoms with Crippen molar-refractivity contribution in [3.8, 4) is 0 Å². The normalized spacial score (nSPS) is 26.3. The van der Waals surface area contributed by atoms with Gasteiger partial charge in [0.2, 0.25) is 5.91 Å². The second-order valence-corrected chi connectivity index (χ2v) is 7.13. The lowest BCUT2D eigenvalue weighted by Crippen LogP contribution is -2.43. The summed E-state index contributed by atoms with van der Waals surface area (Å²) in [4.78, 5) is 14.9. The fourth-order valence-corrected chi connectivity index (χ4v) is 3.81. The van der Waals surface area contributed by atoms with E-state index in [9.17, 15) is 4.79 Å². The van der Waals surface area contributed by atoms with Crippen molar-refractivity contribution < 1.29 is 4.79 Å². The maximum absolute atomic E-state index is 12.8. The van der Waals surface area contributed by atoms with E-state index in [-0.39, 0.29) is 16.7 Å². The first-order chi connectivity index (χ1) is 8.34. The van der Waals surface area contributed by atoms with Gasteiger partial charge in [0.15, 0.2) is 0 Å². The summed E-state index contributed by atoms with van der Waals surface area (Å²) in [6.07, 6.45) is 4.85. The highest BCUT2D eigenvalue weighted by Crippen LogP contribution is 2.68. The first-order valence-electron chi connectivity index (χ1n) is 7.34. The summed E-state index contributed by atoms with van der Waals surface area (Å²) < 4.78 is 0. The van der Waals surface area contributed by atoms with Crippen LogP contribution in [-0.2, 0) is 4.79 Å². The van der Waals surface area contributed by atoms with Gasteiger partial charge in [-0.1, -0.05) is 40.5 Å². The molecule has 1 amide bonds. The highest BCUT2D eigenvalue weighted by atomic mass is 16.2. The number of amides is 1. The van der Waals surface area contributed by atoms with Crippen molar-refractivity contribution in [1.82, 2.24) is 4.90 Å². The molecule has 0 bridgehead atoms. The summed E-state index contributed by atoms with van der Waals surface area (Å²) in [5.41, 5.74) is 5.97. The molecule has 2 aliphatic carbocycles. The minimum atomic E-state index is 0.134. The van der Waals surface area contributed by atoms with E-state index in [0.29, 0.717) is 18.5 Å². The Morgan fingerprint density at radius 2 is 1.67 bits per heavy atom. The molecule has 0 atom stereocenters. The van der Waals surface area contributed by atoms with Gasteiger partial charge in [-0.25, -0.2) is 0 Å². The van der Waals surface area contributed by atoms with Crippen LogP contribution in [0.2, 0.25) is 0 Å². The van der Waals surface area contributed by atoms with Gasteiger partial charge in [-0.05, 0) is 23.7 Å². The maximum atomic E-state index is 12.8. The molecule has 0 aromatic rings. The van der Waals surface area contributed by atoms with Crippen LogP contribution in [0.15, 0.2) is 0 Å². The lowest BCUT2D eigenvalue weighted by Gasteiger charge is -2.29. The first-order valence-corrected chi connectivity index (χ1v) is 7.34. The Labute approximate surface area is 111 Å². The van der Waals surface area contributed by atoms with E-state index in [4.69, 9.17) is 5.73 Å². The van der Waals surface area contributed by atoms with Crippen molar-refractivity contribution in [2.24, 2.45) is 22.5 Å². The quantitative estimate of drug-likeness (QED) is 0.835. The fourth-order valence-electron chi connectivity index (χ4n) is 3.81. The van der Waals surface area contributed by atoms with E-state index >= 15 is 0 Å². The van der Waals surface area contributed by atoms with Gasteiger partial charge in [-0.15, -0.1) is 0 Å². The SMILES string of the molecule is CC1(C)C(C(=O)N(CCN)C2CCCC2)C1(C)C. The van der Waals surface area contributed by atoms with E-state index in [1.807, 2.05) is 0 Å². The van der Waals surface area contributed by atoms with Crippen LogP contribution in [0.25, 0.3) is 0 Å². The van der Waals surface area contributed by atoms with Crippen molar-refractivity contribution in [3.05, 3.63) is 0 Å². The van der Waals surface area contributed by atoms with E-state index < -0.39 is 0 Å². The van der Waals surface area contributed by atoms with E-state index in [1.54, 1.807) is 0 Å². The molecule has 0 aliphatic heterocycles. The summed E-state index contributed by atoms with van der Waals surface area (Å²) in [5, 5.41) is 0. The molecule has 104 valence electrons. The molecule has 2 saturated carbocycles.